The van der Waals surface area contributed by atoms with E-state index in [0.29, 0.717) is 12.6 Å². The molecule has 0 spiro atoms. The number of benzene rings is 1. The van der Waals surface area contributed by atoms with Gasteiger partial charge in [0.05, 0.1) is 12.6 Å². The number of aliphatic hydroxyl groups is 1. The Morgan fingerprint density at radius 2 is 1.95 bits per heavy atom. The molecule has 0 bridgehead atoms. The Morgan fingerprint density at radius 1 is 1.26 bits per heavy atom. The van der Waals surface area contributed by atoms with Gasteiger partial charge in [-0.3, -0.25) is 4.84 Å². The Morgan fingerprint density at radius 3 is 2.63 bits per heavy atom. The van der Waals surface area contributed by atoms with E-state index in [4.69, 9.17) is 9.57 Å². The highest BCUT2D eigenvalue weighted by atomic mass is 79.9. The molecule has 1 saturated carbocycles. The minimum absolute atomic E-state index is 0.253. The number of hydrogen-bond donors (Lipinski definition) is 2. The molecular formula is C14H20BrNO3. The number of hydroxylamine groups is 1. The van der Waals surface area contributed by atoms with Crippen molar-refractivity contribution in [3.8, 4) is 5.75 Å². The third-order valence-electron chi connectivity index (χ3n) is 3.13. The van der Waals surface area contributed by atoms with E-state index in [0.717, 1.165) is 23.1 Å². The molecule has 1 aromatic carbocycles. The van der Waals surface area contributed by atoms with Crippen molar-refractivity contribution < 1.29 is 14.7 Å². The van der Waals surface area contributed by atoms with Crippen molar-refractivity contribution in [2.75, 3.05) is 13.2 Å². The van der Waals surface area contributed by atoms with Crippen LogP contribution in [-0.4, -0.2) is 30.5 Å². The summed E-state index contributed by atoms with van der Waals surface area (Å²) < 4.78 is 6.49. The van der Waals surface area contributed by atoms with Crippen molar-refractivity contribution in [2.45, 2.75) is 37.9 Å². The highest BCUT2D eigenvalue weighted by molar-refractivity contribution is 9.10. The molecule has 1 aliphatic carbocycles. The molecule has 5 heteroatoms. The van der Waals surface area contributed by atoms with E-state index in [-0.39, 0.29) is 6.61 Å². The van der Waals surface area contributed by atoms with E-state index in [2.05, 4.69) is 21.4 Å². The van der Waals surface area contributed by atoms with Gasteiger partial charge in [-0.05, 0) is 37.1 Å². The lowest BCUT2D eigenvalue weighted by molar-refractivity contribution is -0.0417. The second-order valence-electron chi connectivity index (χ2n) is 4.79. The van der Waals surface area contributed by atoms with Gasteiger partial charge in [0.15, 0.2) is 0 Å². The highest BCUT2D eigenvalue weighted by Gasteiger charge is 2.16. The third kappa shape index (κ3) is 5.48. The monoisotopic (exact) mass is 329 g/mol. The Balaban J connectivity index is 1.58. The zero-order valence-electron chi connectivity index (χ0n) is 10.8. The average molecular weight is 330 g/mol. The van der Waals surface area contributed by atoms with Gasteiger partial charge >= 0.3 is 0 Å². The molecule has 1 aliphatic rings. The number of rotatable bonds is 7. The van der Waals surface area contributed by atoms with Crippen LogP contribution in [0.5, 0.6) is 5.75 Å². The summed E-state index contributed by atoms with van der Waals surface area (Å²) in [6.45, 7) is 0.635. The second-order valence-corrected chi connectivity index (χ2v) is 5.71. The van der Waals surface area contributed by atoms with Crippen molar-refractivity contribution in [1.82, 2.24) is 5.48 Å². The molecule has 4 nitrogen and oxygen atoms in total. The molecule has 106 valence electrons. The molecule has 0 heterocycles. The molecule has 1 aromatic rings. The van der Waals surface area contributed by atoms with Crippen molar-refractivity contribution in [2.24, 2.45) is 0 Å². The lowest BCUT2D eigenvalue weighted by Gasteiger charge is -2.15. The minimum Gasteiger partial charge on any atom is -0.491 e. The Hall–Kier alpha value is -0.620. The number of hydrogen-bond acceptors (Lipinski definition) is 4. The van der Waals surface area contributed by atoms with Gasteiger partial charge in [0.1, 0.15) is 18.5 Å². The molecule has 1 unspecified atom stereocenters. The summed E-state index contributed by atoms with van der Waals surface area (Å²) in [5, 5.41) is 9.76. The summed E-state index contributed by atoms with van der Waals surface area (Å²) in [5.41, 5.74) is 2.83. The van der Waals surface area contributed by atoms with Crippen molar-refractivity contribution >= 4 is 15.9 Å². The first-order valence-electron chi connectivity index (χ1n) is 6.69. The summed E-state index contributed by atoms with van der Waals surface area (Å²) in [5.74, 6) is 0.749. The van der Waals surface area contributed by atoms with Crippen LogP contribution in [0.2, 0.25) is 0 Å². The van der Waals surface area contributed by atoms with Crippen LogP contribution in [0.25, 0.3) is 0 Å². The fourth-order valence-electron chi connectivity index (χ4n) is 2.05. The van der Waals surface area contributed by atoms with Gasteiger partial charge in [-0.25, -0.2) is 0 Å². The normalized spacial score (nSPS) is 17.6. The molecule has 0 aromatic heterocycles. The van der Waals surface area contributed by atoms with Crippen molar-refractivity contribution in [3.05, 3.63) is 28.7 Å². The molecule has 19 heavy (non-hydrogen) atoms. The standard InChI is InChI=1S/C14H20BrNO3/c15-11-5-7-13(8-6-11)18-10-12(17)9-16-19-14-3-1-2-4-14/h5-8,12,14,16-17H,1-4,9-10H2. The summed E-state index contributed by atoms with van der Waals surface area (Å²) in [6.07, 6.45) is 4.42. The minimum atomic E-state index is -0.579. The highest BCUT2D eigenvalue weighted by Crippen LogP contribution is 2.19. The molecule has 0 radical (unpaired) electrons. The van der Waals surface area contributed by atoms with Crippen LogP contribution in [0, 0.1) is 0 Å². The fraction of sp³-hybridized carbons (Fsp3) is 0.571. The molecular weight excluding hydrogens is 310 g/mol. The van der Waals surface area contributed by atoms with E-state index in [1.54, 1.807) is 0 Å². The molecule has 2 rings (SSSR count). The van der Waals surface area contributed by atoms with Crippen LogP contribution in [0.1, 0.15) is 25.7 Å². The second kappa shape index (κ2) is 7.85. The van der Waals surface area contributed by atoms with E-state index < -0.39 is 6.10 Å². The maximum absolute atomic E-state index is 9.76. The first-order valence-corrected chi connectivity index (χ1v) is 7.48. The van der Waals surface area contributed by atoms with E-state index >= 15 is 0 Å². The van der Waals surface area contributed by atoms with Crippen LogP contribution in [0.4, 0.5) is 0 Å². The van der Waals surface area contributed by atoms with Crippen LogP contribution >= 0.6 is 15.9 Å². The topological polar surface area (TPSA) is 50.7 Å². The zero-order valence-corrected chi connectivity index (χ0v) is 12.4. The first-order chi connectivity index (χ1) is 9.24. The molecule has 0 aliphatic heterocycles. The molecule has 1 atom stereocenters. The van der Waals surface area contributed by atoms with Crippen LogP contribution in [-0.2, 0) is 4.84 Å². The molecule has 2 N–H and O–H groups in total. The quantitative estimate of drug-likeness (QED) is 0.755. The number of ether oxygens (including phenoxy) is 1. The summed E-state index contributed by atoms with van der Waals surface area (Å²) in [4.78, 5) is 5.47. The molecule has 1 fully saturated rings. The van der Waals surface area contributed by atoms with Gasteiger partial charge in [-0.15, -0.1) is 0 Å². The zero-order chi connectivity index (χ0) is 13.5. The lowest BCUT2D eigenvalue weighted by Crippen LogP contribution is -2.33. The SMILES string of the molecule is OC(CNOC1CCCC1)COc1ccc(Br)cc1. The van der Waals surface area contributed by atoms with Crippen molar-refractivity contribution in [1.29, 1.82) is 0 Å². The van der Waals surface area contributed by atoms with Crippen LogP contribution in [0.15, 0.2) is 28.7 Å². The van der Waals surface area contributed by atoms with Crippen LogP contribution in [0.3, 0.4) is 0 Å². The number of aliphatic hydroxyl groups excluding tert-OH is 1. The van der Waals surface area contributed by atoms with E-state index in [1.165, 1.54) is 12.8 Å². The first kappa shape index (κ1) is 14.8. The predicted octanol–water partition coefficient (Wildman–Crippen LogP) is 2.65. The third-order valence-corrected chi connectivity index (χ3v) is 3.66. The van der Waals surface area contributed by atoms with E-state index in [1.807, 2.05) is 24.3 Å². The Labute approximate surface area is 122 Å². The van der Waals surface area contributed by atoms with Gasteiger partial charge in [-0.1, -0.05) is 28.8 Å². The number of nitrogens with one attached hydrogen (secondary N) is 1. The molecule has 0 amide bonds. The number of halogens is 1. The molecule has 0 saturated heterocycles. The van der Waals surface area contributed by atoms with Crippen LogP contribution < -0.4 is 10.2 Å². The summed E-state index contributed by atoms with van der Waals surface area (Å²) in [7, 11) is 0. The fourth-order valence-corrected chi connectivity index (χ4v) is 2.31. The Kier molecular flexibility index (Phi) is 6.10. The van der Waals surface area contributed by atoms with Gasteiger partial charge in [0.25, 0.3) is 0 Å². The van der Waals surface area contributed by atoms with E-state index in [9.17, 15) is 5.11 Å². The maximum Gasteiger partial charge on any atom is 0.119 e. The van der Waals surface area contributed by atoms with Crippen molar-refractivity contribution in [3.63, 3.8) is 0 Å². The van der Waals surface area contributed by atoms with Gasteiger partial charge in [0, 0.05) is 4.47 Å². The average Bonchev–Trinajstić information content (AvgIpc) is 2.91. The van der Waals surface area contributed by atoms with Gasteiger partial charge < -0.3 is 9.84 Å². The largest absolute Gasteiger partial charge is 0.491 e. The van der Waals surface area contributed by atoms with Gasteiger partial charge in [-0.2, -0.15) is 5.48 Å². The maximum atomic E-state index is 9.76. The summed E-state index contributed by atoms with van der Waals surface area (Å²) in [6, 6.07) is 7.53. The smallest absolute Gasteiger partial charge is 0.119 e. The lowest BCUT2D eigenvalue weighted by atomic mass is 10.3. The predicted molar refractivity (Wildman–Crippen MR) is 77.0 cm³/mol. The Bertz CT molecular complexity index is 365. The summed E-state index contributed by atoms with van der Waals surface area (Å²) >= 11 is 3.36. The van der Waals surface area contributed by atoms with Gasteiger partial charge in [0.2, 0.25) is 0 Å².